The first-order chi connectivity index (χ1) is 16.7. The molecule has 0 radical (unpaired) electrons. The molecular weight excluding hydrogens is 507 g/mol. The van der Waals surface area contributed by atoms with Crippen molar-refractivity contribution in [1.29, 1.82) is 0 Å². The van der Waals surface area contributed by atoms with E-state index in [0.29, 0.717) is 14.9 Å². The molecule has 0 saturated heterocycles. The number of anilines is 1. The van der Waals surface area contributed by atoms with Crippen molar-refractivity contribution in [1.82, 2.24) is 14.5 Å². The third-order valence-corrected chi connectivity index (χ3v) is 7.50. The summed E-state index contributed by atoms with van der Waals surface area (Å²) in [6.45, 7) is 6.46. The lowest BCUT2D eigenvalue weighted by Gasteiger charge is -2.35. The van der Waals surface area contributed by atoms with E-state index in [1.165, 1.54) is 37.2 Å². The van der Waals surface area contributed by atoms with Gasteiger partial charge in [0.05, 0.1) is 5.69 Å². The fourth-order valence-corrected chi connectivity index (χ4v) is 4.80. The van der Waals surface area contributed by atoms with Crippen LogP contribution in [0.3, 0.4) is 0 Å². The zero-order valence-corrected chi connectivity index (χ0v) is 23.0. The van der Waals surface area contributed by atoms with Crippen molar-refractivity contribution in [3.63, 3.8) is 0 Å². The maximum atomic E-state index is 14.7. The summed E-state index contributed by atoms with van der Waals surface area (Å²) >= 11 is 6.34. The van der Waals surface area contributed by atoms with Gasteiger partial charge in [0.15, 0.2) is 0 Å². The van der Waals surface area contributed by atoms with Gasteiger partial charge >= 0.3 is 10.2 Å². The minimum atomic E-state index is -4.25. The molecule has 198 valence electrons. The number of carbonyl (C=O) groups excluding carboxylic acids is 2. The molecule has 0 aliphatic heterocycles. The van der Waals surface area contributed by atoms with Crippen molar-refractivity contribution in [3.8, 4) is 0 Å². The van der Waals surface area contributed by atoms with Gasteiger partial charge in [-0.25, -0.2) is 8.70 Å². The SMILES string of the molecule is CC[C@@H](C(=O)NC(C)(C)C)N(Cc1ccccc1Cl)C(=O)CN(c1ccccc1F)S(=O)(=O)N(C)C. The average molecular weight is 541 g/mol. The normalized spacial score (nSPS) is 12.8. The first-order valence-electron chi connectivity index (χ1n) is 11.5. The predicted octanol–water partition coefficient (Wildman–Crippen LogP) is 3.81. The van der Waals surface area contributed by atoms with E-state index in [2.05, 4.69) is 5.32 Å². The topological polar surface area (TPSA) is 90.0 Å². The van der Waals surface area contributed by atoms with E-state index in [4.69, 9.17) is 11.6 Å². The zero-order chi connectivity index (χ0) is 27.3. The second kappa shape index (κ2) is 12.0. The number of nitrogens with one attached hydrogen (secondary N) is 1. The predicted molar refractivity (Wildman–Crippen MR) is 140 cm³/mol. The average Bonchev–Trinajstić information content (AvgIpc) is 2.77. The Bertz CT molecular complexity index is 1180. The Morgan fingerprint density at radius 2 is 1.64 bits per heavy atom. The van der Waals surface area contributed by atoms with Gasteiger partial charge in [0.2, 0.25) is 11.8 Å². The molecule has 0 fully saturated rings. The van der Waals surface area contributed by atoms with Crippen LogP contribution in [0.1, 0.15) is 39.7 Å². The summed E-state index contributed by atoms with van der Waals surface area (Å²) in [5.74, 6) is -1.87. The Balaban J connectivity index is 2.56. The van der Waals surface area contributed by atoms with Crippen LogP contribution in [0.2, 0.25) is 5.02 Å². The number of carbonyl (C=O) groups is 2. The molecule has 0 spiro atoms. The van der Waals surface area contributed by atoms with Crippen molar-refractivity contribution in [2.24, 2.45) is 0 Å². The summed E-state index contributed by atoms with van der Waals surface area (Å²) in [6.07, 6.45) is 0.262. The molecule has 2 rings (SSSR count). The minimum absolute atomic E-state index is 0.0400. The second-order valence-corrected chi connectivity index (χ2v) is 12.0. The van der Waals surface area contributed by atoms with Crippen LogP contribution in [0.15, 0.2) is 48.5 Å². The number of hydrogen-bond acceptors (Lipinski definition) is 4. The summed E-state index contributed by atoms with van der Waals surface area (Å²) in [5, 5.41) is 3.28. The summed E-state index contributed by atoms with van der Waals surface area (Å²) in [7, 11) is -1.67. The number of nitrogens with zero attached hydrogens (tertiary/aromatic N) is 3. The lowest BCUT2D eigenvalue weighted by Crippen LogP contribution is -2.55. The monoisotopic (exact) mass is 540 g/mol. The summed E-state index contributed by atoms with van der Waals surface area (Å²) in [5.41, 5.74) is -0.247. The lowest BCUT2D eigenvalue weighted by atomic mass is 10.1. The van der Waals surface area contributed by atoms with E-state index in [1.54, 1.807) is 31.2 Å². The Hall–Kier alpha value is -2.69. The molecule has 0 saturated carbocycles. The van der Waals surface area contributed by atoms with E-state index in [9.17, 15) is 22.4 Å². The smallest absolute Gasteiger partial charge is 0.304 e. The fraction of sp³-hybridized carbons (Fsp3) is 0.440. The van der Waals surface area contributed by atoms with Crippen molar-refractivity contribution < 1.29 is 22.4 Å². The molecule has 2 aromatic carbocycles. The van der Waals surface area contributed by atoms with Gasteiger partial charge in [-0.3, -0.25) is 9.59 Å². The van der Waals surface area contributed by atoms with Crippen molar-refractivity contribution in [2.45, 2.75) is 52.2 Å². The lowest BCUT2D eigenvalue weighted by molar-refractivity contribution is -0.141. The Labute approximate surface area is 218 Å². The van der Waals surface area contributed by atoms with E-state index in [1.807, 2.05) is 20.8 Å². The third-order valence-electron chi connectivity index (χ3n) is 5.32. The number of halogens is 2. The van der Waals surface area contributed by atoms with Gasteiger partial charge in [-0.2, -0.15) is 12.7 Å². The molecule has 11 heteroatoms. The Kier molecular flexibility index (Phi) is 9.87. The van der Waals surface area contributed by atoms with Gasteiger partial charge < -0.3 is 10.2 Å². The van der Waals surface area contributed by atoms with E-state index < -0.39 is 46.0 Å². The van der Waals surface area contributed by atoms with Gasteiger partial charge in [0, 0.05) is 31.2 Å². The number of rotatable bonds is 10. The molecule has 0 aliphatic rings. The first-order valence-corrected chi connectivity index (χ1v) is 13.3. The molecule has 2 aromatic rings. The van der Waals surface area contributed by atoms with Crippen LogP contribution in [0.4, 0.5) is 10.1 Å². The molecule has 2 amide bonds. The molecular formula is C25H34ClFN4O4S. The Morgan fingerprint density at radius 3 is 2.17 bits per heavy atom. The second-order valence-electron chi connectivity index (χ2n) is 9.52. The highest BCUT2D eigenvalue weighted by atomic mass is 35.5. The van der Waals surface area contributed by atoms with Crippen LogP contribution >= 0.6 is 11.6 Å². The molecule has 8 nitrogen and oxygen atoms in total. The van der Waals surface area contributed by atoms with E-state index in [-0.39, 0.29) is 18.7 Å². The molecule has 0 unspecified atom stereocenters. The van der Waals surface area contributed by atoms with Gasteiger partial charge in [-0.05, 0) is 51.0 Å². The van der Waals surface area contributed by atoms with Crippen LogP contribution in [0.25, 0.3) is 0 Å². The van der Waals surface area contributed by atoms with Crippen molar-refractivity contribution in [3.05, 3.63) is 64.9 Å². The van der Waals surface area contributed by atoms with Gasteiger partial charge in [-0.1, -0.05) is 48.9 Å². The van der Waals surface area contributed by atoms with Crippen LogP contribution in [0, 0.1) is 5.82 Å². The van der Waals surface area contributed by atoms with Crippen LogP contribution < -0.4 is 9.62 Å². The quantitative estimate of drug-likeness (QED) is 0.496. The standard InChI is InChI=1S/C25H34ClFN4O4S/c1-7-21(24(33)28-25(2,3)4)30(16-18-12-8-9-13-19(18)26)23(32)17-31(36(34,35)29(5)6)22-15-11-10-14-20(22)27/h8-15,21H,7,16-17H2,1-6H3,(H,28,33)/t21-/m0/s1. The third kappa shape index (κ3) is 7.41. The summed E-state index contributed by atoms with van der Waals surface area (Å²) in [6, 6.07) is 11.3. The number of hydrogen-bond donors (Lipinski definition) is 1. The highest BCUT2D eigenvalue weighted by Crippen LogP contribution is 2.25. The van der Waals surface area contributed by atoms with Gasteiger partial charge in [0.1, 0.15) is 18.4 Å². The molecule has 0 heterocycles. The molecule has 1 N–H and O–H groups in total. The van der Waals surface area contributed by atoms with Crippen LogP contribution in [-0.2, 0) is 26.3 Å². The molecule has 0 aliphatic carbocycles. The first kappa shape index (κ1) is 29.5. The highest BCUT2D eigenvalue weighted by molar-refractivity contribution is 7.90. The molecule has 36 heavy (non-hydrogen) atoms. The van der Waals surface area contributed by atoms with Gasteiger partial charge in [-0.15, -0.1) is 0 Å². The maximum Gasteiger partial charge on any atom is 0.304 e. The van der Waals surface area contributed by atoms with Crippen molar-refractivity contribution in [2.75, 3.05) is 24.9 Å². The summed E-state index contributed by atoms with van der Waals surface area (Å²) < 4.78 is 42.6. The number of benzene rings is 2. The maximum absolute atomic E-state index is 14.7. The summed E-state index contributed by atoms with van der Waals surface area (Å²) in [4.78, 5) is 28.2. The minimum Gasteiger partial charge on any atom is -0.350 e. The fourth-order valence-electron chi connectivity index (χ4n) is 3.54. The van der Waals surface area contributed by atoms with Gasteiger partial charge in [0.25, 0.3) is 0 Å². The Morgan fingerprint density at radius 1 is 1.06 bits per heavy atom. The van der Waals surface area contributed by atoms with E-state index in [0.717, 1.165) is 10.4 Å². The van der Waals surface area contributed by atoms with Crippen LogP contribution in [0.5, 0.6) is 0 Å². The largest absolute Gasteiger partial charge is 0.350 e. The molecule has 0 bridgehead atoms. The highest BCUT2D eigenvalue weighted by Gasteiger charge is 2.35. The molecule has 1 atom stereocenters. The van der Waals surface area contributed by atoms with Crippen LogP contribution in [-0.4, -0.2) is 61.7 Å². The molecule has 0 aromatic heterocycles. The van der Waals surface area contributed by atoms with E-state index >= 15 is 0 Å². The zero-order valence-electron chi connectivity index (χ0n) is 21.5. The van der Waals surface area contributed by atoms with Crippen molar-refractivity contribution >= 4 is 39.3 Å². The number of para-hydroxylation sites is 1. The number of amides is 2.